The molecule has 198 valence electrons. The summed E-state index contributed by atoms with van der Waals surface area (Å²) in [5.41, 5.74) is 4.20. The predicted molar refractivity (Wildman–Crippen MR) is 144 cm³/mol. The lowest BCUT2D eigenvalue weighted by molar-refractivity contribution is 0.255. The minimum atomic E-state index is -0.587. The number of piperidine rings is 1. The molecule has 0 unspecified atom stereocenters. The third kappa shape index (κ3) is 4.62. The van der Waals surface area contributed by atoms with Gasteiger partial charge in [-0.1, -0.05) is 6.07 Å². The fraction of sp³-hybridized carbons (Fsp3) is 0.400. The van der Waals surface area contributed by atoms with Gasteiger partial charge in [0.1, 0.15) is 23.7 Å². The maximum Gasteiger partial charge on any atom is 0.178 e. The first kappa shape index (κ1) is 24.8. The zero-order valence-corrected chi connectivity index (χ0v) is 22.0. The molecule has 6 rings (SSSR count). The molecule has 2 aromatic heterocycles. The smallest absolute Gasteiger partial charge is 0.178 e. The first-order valence-electron chi connectivity index (χ1n) is 13.3. The van der Waals surface area contributed by atoms with Crippen molar-refractivity contribution >= 4 is 16.7 Å². The van der Waals surface area contributed by atoms with Crippen LogP contribution in [0.4, 0.5) is 14.5 Å². The molecule has 0 radical (unpaired) electrons. The van der Waals surface area contributed by atoms with Crippen LogP contribution in [0.2, 0.25) is 0 Å². The van der Waals surface area contributed by atoms with E-state index in [1.807, 2.05) is 32.2 Å². The number of benzene rings is 2. The largest absolute Gasteiger partial charge is 0.486 e. The van der Waals surface area contributed by atoms with Gasteiger partial charge in [0.05, 0.1) is 24.7 Å². The number of likely N-dealkylation sites (tertiary alicyclic amines) is 1. The molecular formula is C30H32F2N4O2. The maximum absolute atomic E-state index is 15.0. The topological polar surface area (TPSA) is 54.6 Å². The molecule has 8 heteroatoms. The van der Waals surface area contributed by atoms with Crippen LogP contribution in [0.3, 0.4) is 0 Å². The molecule has 0 bridgehead atoms. The minimum absolute atomic E-state index is 0.0855. The summed E-state index contributed by atoms with van der Waals surface area (Å²) in [7, 11) is 2.16. The van der Waals surface area contributed by atoms with Crippen LogP contribution in [-0.2, 0) is 6.42 Å². The molecule has 4 heterocycles. The molecular weight excluding hydrogens is 486 g/mol. The fourth-order valence-corrected chi connectivity index (χ4v) is 5.69. The second-order valence-electron chi connectivity index (χ2n) is 10.7. The molecule has 0 spiro atoms. The van der Waals surface area contributed by atoms with Crippen molar-refractivity contribution in [3.63, 3.8) is 0 Å². The number of ether oxygens (including phenoxy) is 1. The van der Waals surface area contributed by atoms with Crippen LogP contribution in [0.25, 0.3) is 22.2 Å². The summed E-state index contributed by atoms with van der Waals surface area (Å²) in [6.07, 6.45) is 5.71. The number of anilines is 1. The van der Waals surface area contributed by atoms with E-state index in [1.165, 1.54) is 17.8 Å². The van der Waals surface area contributed by atoms with Crippen molar-refractivity contribution in [2.75, 3.05) is 38.2 Å². The maximum atomic E-state index is 15.0. The van der Waals surface area contributed by atoms with Gasteiger partial charge in [-0.25, -0.2) is 18.7 Å². The summed E-state index contributed by atoms with van der Waals surface area (Å²) in [5.74, 6) is 0.0482. The number of nitrogens with zero attached hydrogens (tertiary/aromatic N) is 4. The second-order valence-corrected chi connectivity index (χ2v) is 10.7. The van der Waals surface area contributed by atoms with Gasteiger partial charge in [0, 0.05) is 29.0 Å². The molecule has 1 fully saturated rings. The fourth-order valence-electron chi connectivity index (χ4n) is 5.69. The van der Waals surface area contributed by atoms with E-state index >= 15 is 4.39 Å². The van der Waals surface area contributed by atoms with Gasteiger partial charge >= 0.3 is 0 Å². The van der Waals surface area contributed by atoms with Crippen LogP contribution in [0.15, 0.2) is 47.2 Å². The van der Waals surface area contributed by atoms with E-state index in [2.05, 4.69) is 32.9 Å². The number of hydrogen-bond donors (Lipinski definition) is 0. The Labute approximate surface area is 221 Å². The average Bonchev–Trinajstić information content (AvgIpc) is 3.33. The highest BCUT2D eigenvalue weighted by atomic mass is 19.1. The lowest BCUT2D eigenvalue weighted by atomic mass is 9.89. The zero-order chi connectivity index (χ0) is 26.4. The summed E-state index contributed by atoms with van der Waals surface area (Å²) in [5, 5.41) is 1.12. The Hall–Kier alpha value is -3.52. The molecule has 2 aliphatic rings. The predicted octanol–water partition coefficient (Wildman–Crippen LogP) is 6.18. The van der Waals surface area contributed by atoms with Crippen molar-refractivity contribution in [1.29, 1.82) is 0 Å². The van der Waals surface area contributed by atoms with Crippen LogP contribution in [0, 0.1) is 11.6 Å². The molecule has 0 N–H and O–H groups in total. The molecule has 1 saturated heterocycles. The van der Waals surface area contributed by atoms with Gasteiger partial charge in [-0.15, -0.1) is 0 Å². The van der Waals surface area contributed by atoms with Crippen LogP contribution >= 0.6 is 0 Å². The quantitative estimate of drug-likeness (QED) is 0.315. The molecule has 4 aromatic rings. The summed E-state index contributed by atoms with van der Waals surface area (Å²) >= 11 is 0. The summed E-state index contributed by atoms with van der Waals surface area (Å²) in [6, 6.07) is 9.31. The Morgan fingerprint density at radius 2 is 1.87 bits per heavy atom. The van der Waals surface area contributed by atoms with Gasteiger partial charge in [0.2, 0.25) is 0 Å². The van der Waals surface area contributed by atoms with Crippen molar-refractivity contribution in [3.05, 3.63) is 71.4 Å². The Bertz CT molecular complexity index is 1480. The van der Waals surface area contributed by atoms with Gasteiger partial charge in [-0.3, -0.25) is 0 Å². The van der Waals surface area contributed by atoms with E-state index in [9.17, 15) is 4.39 Å². The monoisotopic (exact) mass is 518 g/mol. The highest BCUT2D eigenvalue weighted by Gasteiger charge is 2.26. The second kappa shape index (κ2) is 9.98. The van der Waals surface area contributed by atoms with Crippen molar-refractivity contribution in [2.45, 2.75) is 45.1 Å². The van der Waals surface area contributed by atoms with Crippen LogP contribution in [-0.4, -0.2) is 54.2 Å². The Balaban J connectivity index is 1.31. The van der Waals surface area contributed by atoms with Gasteiger partial charge in [0.15, 0.2) is 17.4 Å². The summed E-state index contributed by atoms with van der Waals surface area (Å²) in [6.45, 7) is 7.28. The third-order valence-electron chi connectivity index (χ3n) is 7.79. The summed E-state index contributed by atoms with van der Waals surface area (Å²) in [4.78, 5) is 13.2. The number of fused-ring (bicyclic) bond motifs is 2. The molecule has 2 aromatic carbocycles. The van der Waals surface area contributed by atoms with Crippen LogP contribution < -0.4 is 9.64 Å². The minimum Gasteiger partial charge on any atom is -0.486 e. The van der Waals surface area contributed by atoms with Gasteiger partial charge in [-0.2, -0.15) is 0 Å². The van der Waals surface area contributed by atoms with E-state index in [0.29, 0.717) is 42.6 Å². The Morgan fingerprint density at radius 3 is 2.66 bits per heavy atom. The third-order valence-corrected chi connectivity index (χ3v) is 7.79. The molecule has 38 heavy (non-hydrogen) atoms. The van der Waals surface area contributed by atoms with Crippen molar-refractivity contribution in [2.24, 2.45) is 0 Å². The lowest BCUT2D eigenvalue weighted by Crippen LogP contribution is -2.38. The van der Waals surface area contributed by atoms with Gasteiger partial charge < -0.3 is 19.0 Å². The van der Waals surface area contributed by atoms with E-state index in [0.717, 1.165) is 42.5 Å². The van der Waals surface area contributed by atoms with E-state index < -0.39 is 11.6 Å². The van der Waals surface area contributed by atoms with E-state index in [4.69, 9.17) is 9.15 Å². The molecule has 0 atom stereocenters. The van der Waals surface area contributed by atoms with Crippen LogP contribution in [0.1, 0.15) is 49.6 Å². The normalized spacial score (nSPS) is 16.7. The number of rotatable bonds is 5. The molecule has 2 aliphatic heterocycles. The van der Waals surface area contributed by atoms with Crippen molar-refractivity contribution in [1.82, 2.24) is 14.9 Å². The van der Waals surface area contributed by atoms with E-state index in [1.54, 1.807) is 6.07 Å². The molecule has 0 amide bonds. The number of aromatic nitrogens is 2. The highest BCUT2D eigenvalue weighted by molar-refractivity contribution is 5.82. The Kier molecular flexibility index (Phi) is 6.51. The standard InChI is InChI=1S/C30H32F2N4O2/c1-18(2)36-10-11-37-30-24(31)14-21(15-26(30)36)29-25(32)16-33-28(34-29)13-19-4-5-27-22(12-19)23(17-38-27)20-6-8-35(3)9-7-20/h4-5,12,14-18,20H,6-11,13H2,1-3H3. The molecule has 0 aliphatic carbocycles. The van der Waals surface area contributed by atoms with Crippen molar-refractivity contribution in [3.8, 4) is 17.0 Å². The van der Waals surface area contributed by atoms with Gasteiger partial charge in [0.25, 0.3) is 0 Å². The number of halogens is 2. The first-order chi connectivity index (χ1) is 18.4. The lowest BCUT2D eigenvalue weighted by Gasteiger charge is -2.34. The zero-order valence-electron chi connectivity index (χ0n) is 22.0. The average molecular weight is 519 g/mol. The van der Waals surface area contributed by atoms with Crippen molar-refractivity contribution < 1.29 is 17.9 Å². The SMILES string of the molecule is CC(C)N1CCOc2c(F)cc(-c3nc(Cc4ccc5occ(C6CCN(C)CC6)c5c4)ncc3F)cc21. The Morgan fingerprint density at radius 1 is 1.05 bits per heavy atom. The van der Waals surface area contributed by atoms with E-state index in [-0.39, 0.29) is 17.5 Å². The highest BCUT2D eigenvalue weighted by Crippen LogP contribution is 2.39. The summed E-state index contributed by atoms with van der Waals surface area (Å²) < 4.78 is 41.5. The first-order valence-corrected chi connectivity index (χ1v) is 13.3. The number of furan rings is 1. The number of hydrogen-bond acceptors (Lipinski definition) is 6. The van der Waals surface area contributed by atoms with Crippen LogP contribution in [0.5, 0.6) is 5.75 Å². The molecule has 0 saturated carbocycles. The van der Waals surface area contributed by atoms with Gasteiger partial charge in [-0.05, 0) is 82.6 Å². The molecule has 6 nitrogen and oxygen atoms in total.